The second-order valence-corrected chi connectivity index (χ2v) is 6.52. The van der Waals surface area contributed by atoms with Gasteiger partial charge in [0, 0.05) is 35.6 Å². The summed E-state index contributed by atoms with van der Waals surface area (Å²) in [5, 5.41) is 25.8. The minimum Gasteiger partial charge on any atom is -0.438 e. The summed E-state index contributed by atoms with van der Waals surface area (Å²) in [6.07, 6.45) is 1.80. The second kappa shape index (κ2) is 8.41. The maximum Gasteiger partial charge on any atom is 0.269 e. The van der Waals surface area contributed by atoms with Crippen LogP contribution in [0.1, 0.15) is 16.1 Å². The molecule has 0 aliphatic rings. The van der Waals surface area contributed by atoms with Crippen molar-refractivity contribution in [3.05, 3.63) is 94.3 Å². The topological polar surface area (TPSA) is 125 Å². The van der Waals surface area contributed by atoms with E-state index in [1.165, 1.54) is 24.3 Å². The fourth-order valence-corrected chi connectivity index (χ4v) is 2.70. The van der Waals surface area contributed by atoms with E-state index in [2.05, 4.69) is 20.6 Å². The molecule has 0 aliphatic heterocycles. The number of rotatable bonds is 6. The molecule has 2 aromatic carbocycles. The minimum atomic E-state index is -0.517. The molecule has 4 aromatic rings. The monoisotopic (exact) mass is 416 g/mol. The molecule has 1 N–H and O–H groups in total. The van der Waals surface area contributed by atoms with Gasteiger partial charge in [0.2, 0.25) is 5.88 Å². The first-order chi connectivity index (χ1) is 15.0. The van der Waals surface area contributed by atoms with E-state index in [-0.39, 0.29) is 11.6 Å². The fraction of sp³-hybridized carbons (Fsp3) is 0.0476. The van der Waals surface area contributed by atoms with Gasteiger partial charge in [0.1, 0.15) is 5.75 Å². The predicted molar refractivity (Wildman–Crippen MR) is 111 cm³/mol. The molecule has 0 unspecified atom stereocenters. The molecule has 31 heavy (non-hydrogen) atoms. The zero-order valence-electron chi connectivity index (χ0n) is 16.3. The highest BCUT2D eigenvalue weighted by Crippen LogP contribution is 2.22. The van der Waals surface area contributed by atoms with Crippen molar-refractivity contribution in [2.24, 2.45) is 0 Å². The number of aryl methyl sites for hydroxylation is 1. The van der Waals surface area contributed by atoms with Crippen LogP contribution in [0.3, 0.4) is 0 Å². The van der Waals surface area contributed by atoms with Crippen LogP contribution in [0.25, 0.3) is 5.82 Å². The van der Waals surface area contributed by atoms with Gasteiger partial charge < -0.3 is 10.1 Å². The Hall–Kier alpha value is -4.60. The molecular formula is C21H16N6O4. The molecule has 0 spiro atoms. The molecule has 0 saturated heterocycles. The summed E-state index contributed by atoms with van der Waals surface area (Å²) in [4.78, 5) is 22.5. The lowest BCUT2D eigenvalue weighted by molar-refractivity contribution is -0.384. The first-order valence-electron chi connectivity index (χ1n) is 9.18. The maximum absolute atomic E-state index is 12.3. The zero-order valence-corrected chi connectivity index (χ0v) is 16.3. The summed E-state index contributed by atoms with van der Waals surface area (Å²) in [6, 6.07) is 17.4. The molecule has 1 amide bonds. The van der Waals surface area contributed by atoms with E-state index < -0.39 is 4.92 Å². The Balaban J connectivity index is 1.37. The third-order valence-corrected chi connectivity index (χ3v) is 4.26. The molecule has 0 saturated carbocycles. The van der Waals surface area contributed by atoms with Crippen LogP contribution in [0.2, 0.25) is 0 Å². The van der Waals surface area contributed by atoms with E-state index in [1.54, 1.807) is 47.3 Å². The smallest absolute Gasteiger partial charge is 0.269 e. The molecular weight excluding hydrogens is 400 g/mol. The van der Waals surface area contributed by atoms with E-state index in [0.29, 0.717) is 28.7 Å². The largest absolute Gasteiger partial charge is 0.438 e. The van der Waals surface area contributed by atoms with E-state index in [9.17, 15) is 14.9 Å². The zero-order chi connectivity index (χ0) is 21.8. The Labute approximate surface area is 176 Å². The number of benzene rings is 2. The van der Waals surface area contributed by atoms with Crippen molar-refractivity contribution in [2.45, 2.75) is 6.92 Å². The first-order valence-corrected chi connectivity index (χ1v) is 9.18. The van der Waals surface area contributed by atoms with Gasteiger partial charge in [-0.15, -0.1) is 10.2 Å². The van der Waals surface area contributed by atoms with Crippen molar-refractivity contribution >= 4 is 17.3 Å². The number of ether oxygens (including phenoxy) is 1. The first kappa shape index (κ1) is 19.7. The minimum absolute atomic E-state index is 0.0751. The van der Waals surface area contributed by atoms with Crippen LogP contribution in [-0.4, -0.2) is 30.8 Å². The molecule has 0 radical (unpaired) electrons. The summed E-state index contributed by atoms with van der Waals surface area (Å²) in [6.45, 7) is 1.89. The van der Waals surface area contributed by atoms with Crippen molar-refractivity contribution in [2.75, 3.05) is 5.32 Å². The number of aromatic nitrogens is 4. The van der Waals surface area contributed by atoms with Gasteiger partial charge in [-0.1, -0.05) is 0 Å². The van der Waals surface area contributed by atoms with Crippen LogP contribution < -0.4 is 10.1 Å². The molecule has 10 heteroatoms. The van der Waals surface area contributed by atoms with Crippen molar-refractivity contribution < 1.29 is 14.5 Å². The Morgan fingerprint density at radius 1 is 1.00 bits per heavy atom. The van der Waals surface area contributed by atoms with Crippen molar-refractivity contribution in [1.82, 2.24) is 20.0 Å². The molecule has 0 aliphatic carbocycles. The van der Waals surface area contributed by atoms with Crippen LogP contribution in [0.4, 0.5) is 11.4 Å². The standard InChI is InChI=1S/C21H16N6O4/c1-14-12-13-26(25-14)19-10-11-20(24-23-19)31-18-8-4-16(5-9-18)22-21(28)15-2-6-17(7-3-15)27(29)30/h2-13H,1H3,(H,22,28). The number of nitro benzene ring substituents is 1. The number of nitrogens with zero attached hydrogens (tertiary/aromatic N) is 5. The molecule has 154 valence electrons. The SMILES string of the molecule is Cc1ccn(-c2ccc(Oc3ccc(NC(=O)c4ccc([N+](=O)[O-])cc4)cc3)nn2)n1. The van der Waals surface area contributed by atoms with E-state index in [1.807, 2.05) is 13.0 Å². The summed E-state index contributed by atoms with van der Waals surface area (Å²) >= 11 is 0. The summed E-state index contributed by atoms with van der Waals surface area (Å²) in [5.41, 5.74) is 1.66. The van der Waals surface area contributed by atoms with Crippen molar-refractivity contribution in [3.8, 4) is 17.4 Å². The number of hydrogen-bond acceptors (Lipinski definition) is 7. The van der Waals surface area contributed by atoms with Gasteiger partial charge in [-0.2, -0.15) is 5.10 Å². The molecule has 2 aromatic heterocycles. The Morgan fingerprint density at radius 2 is 1.74 bits per heavy atom. The third kappa shape index (κ3) is 4.70. The van der Waals surface area contributed by atoms with E-state index in [4.69, 9.17) is 4.74 Å². The van der Waals surface area contributed by atoms with Gasteiger partial charge in [0.05, 0.1) is 10.6 Å². The van der Waals surface area contributed by atoms with E-state index >= 15 is 0 Å². The lowest BCUT2D eigenvalue weighted by Gasteiger charge is -2.08. The Bertz CT molecular complexity index is 1220. The van der Waals surface area contributed by atoms with Crippen molar-refractivity contribution in [3.63, 3.8) is 0 Å². The van der Waals surface area contributed by atoms with Gasteiger partial charge in [0.15, 0.2) is 5.82 Å². The fourth-order valence-electron chi connectivity index (χ4n) is 2.70. The molecule has 0 fully saturated rings. The van der Waals surface area contributed by atoms with Crippen LogP contribution in [0.5, 0.6) is 11.6 Å². The predicted octanol–water partition coefficient (Wildman–Crippen LogP) is 3.92. The van der Waals surface area contributed by atoms with Crippen LogP contribution in [-0.2, 0) is 0 Å². The van der Waals surface area contributed by atoms with Crippen LogP contribution >= 0.6 is 0 Å². The highest BCUT2D eigenvalue weighted by molar-refractivity contribution is 6.04. The lowest BCUT2D eigenvalue weighted by Crippen LogP contribution is -2.11. The average molecular weight is 416 g/mol. The second-order valence-electron chi connectivity index (χ2n) is 6.52. The van der Waals surface area contributed by atoms with Gasteiger partial charge in [-0.05, 0) is 55.5 Å². The van der Waals surface area contributed by atoms with Gasteiger partial charge in [-0.3, -0.25) is 14.9 Å². The lowest BCUT2D eigenvalue weighted by atomic mass is 10.2. The number of carbonyl (C=O) groups excluding carboxylic acids is 1. The molecule has 0 atom stereocenters. The Kier molecular flexibility index (Phi) is 5.35. The maximum atomic E-state index is 12.3. The van der Waals surface area contributed by atoms with Gasteiger partial charge in [0.25, 0.3) is 11.6 Å². The molecule has 10 nitrogen and oxygen atoms in total. The molecule has 2 heterocycles. The quantitative estimate of drug-likeness (QED) is 0.373. The third-order valence-electron chi connectivity index (χ3n) is 4.26. The number of nitro groups is 1. The highest BCUT2D eigenvalue weighted by Gasteiger charge is 2.10. The normalized spacial score (nSPS) is 10.5. The summed E-state index contributed by atoms with van der Waals surface area (Å²) < 4.78 is 7.29. The van der Waals surface area contributed by atoms with Crippen LogP contribution in [0, 0.1) is 17.0 Å². The summed E-state index contributed by atoms with van der Waals surface area (Å²) in [7, 11) is 0. The van der Waals surface area contributed by atoms with Gasteiger partial charge in [-0.25, -0.2) is 4.68 Å². The summed E-state index contributed by atoms with van der Waals surface area (Å²) in [5.74, 6) is 1.03. The number of carbonyl (C=O) groups is 1. The molecule has 4 rings (SSSR count). The number of non-ortho nitro benzene ring substituents is 1. The Morgan fingerprint density at radius 3 is 2.32 bits per heavy atom. The number of amides is 1. The number of nitrogens with one attached hydrogen (secondary N) is 1. The average Bonchev–Trinajstić information content (AvgIpc) is 3.22. The number of hydrogen-bond donors (Lipinski definition) is 1. The van der Waals surface area contributed by atoms with Gasteiger partial charge >= 0.3 is 0 Å². The molecule has 0 bridgehead atoms. The van der Waals surface area contributed by atoms with E-state index in [0.717, 1.165) is 5.69 Å². The number of anilines is 1. The van der Waals surface area contributed by atoms with Crippen molar-refractivity contribution in [1.29, 1.82) is 0 Å². The highest BCUT2D eigenvalue weighted by atomic mass is 16.6. The van der Waals surface area contributed by atoms with Crippen LogP contribution in [0.15, 0.2) is 72.9 Å².